The van der Waals surface area contributed by atoms with Crippen molar-refractivity contribution in [3.8, 4) is 0 Å². The van der Waals surface area contributed by atoms with Crippen LogP contribution in [0.15, 0.2) is 20.0 Å². The molecule has 1 heterocycles. The monoisotopic (exact) mass is 166 g/mol. The molecule has 4 heteroatoms. The zero-order valence-electron chi connectivity index (χ0n) is 7.51. The van der Waals surface area contributed by atoms with Gasteiger partial charge in [0.1, 0.15) is 13.0 Å². The van der Waals surface area contributed by atoms with Crippen LogP contribution >= 0.6 is 0 Å². The lowest BCUT2D eigenvalue weighted by molar-refractivity contribution is 1.08. The smallest absolute Gasteiger partial charge is 0.131 e. The predicted octanol–water partition coefficient (Wildman–Crippen LogP) is 1.22. The molecule has 66 valence electrons. The molecule has 0 amide bonds. The van der Waals surface area contributed by atoms with Gasteiger partial charge in [0.15, 0.2) is 0 Å². The summed E-state index contributed by atoms with van der Waals surface area (Å²) in [7, 11) is 0. The third-order valence-electron chi connectivity index (χ3n) is 0.882. The van der Waals surface area contributed by atoms with Crippen molar-refractivity contribution in [2.75, 3.05) is 13.2 Å². The lowest BCUT2D eigenvalue weighted by Crippen LogP contribution is -1.88. The number of aliphatic imine (C=N–C) groups is 4. The van der Waals surface area contributed by atoms with E-state index in [0.717, 1.165) is 0 Å². The first-order valence-electron chi connectivity index (χ1n) is 3.98. The lowest BCUT2D eigenvalue weighted by Gasteiger charge is -1.84. The van der Waals surface area contributed by atoms with Gasteiger partial charge in [-0.3, -0.25) is 15.0 Å². The number of nitrogens with zero attached hydrogens (tertiary/aromatic N) is 4. The average molecular weight is 166 g/mol. The van der Waals surface area contributed by atoms with Gasteiger partial charge < -0.3 is 0 Å². The van der Waals surface area contributed by atoms with Gasteiger partial charge in [-0.2, -0.15) is 0 Å². The largest absolute Gasteiger partial charge is 0.286 e. The molecule has 1 rings (SSSR count). The van der Waals surface area contributed by atoms with Crippen molar-refractivity contribution in [3.05, 3.63) is 0 Å². The molecular formula is C8H14N4. The van der Waals surface area contributed by atoms with Crippen LogP contribution in [0, 0.1) is 0 Å². The molecular weight excluding hydrogens is 152 g/mol. The van der Waals surface area contributed by atoms with Crippen LogP contribution in [-0.4, -0.2) is 38.2 Å². The molecule has 1 aliphatic heterocycles. The van der Waals surface area contributed by atoms with Gasteiger partial charge in [-0.25, -0.2) is 4.99 Å². The molecule has 0 saturated carbocycles. The molecule has 0 atom stereocenters. The fraction of sp³-hybridized carbons (Fsp3) is 0.500. The van der Waals surface area contributed by atoms with Crippen molar-refractivity contribution >= 4 is 25.0 Å². The van der Waals surface area contributed by atoms with E-state index >= 15 is 0 Å². The van der Waals surface area contributed by atoms with E-state index in [9.17, 15) is 0 Å². The summed E-state index contributed by atoms with van der Waals surface area (Å²) in [4.78, 5) is 15.5. The summed E-state index contributed by atoms with van der Waals surface area (Å²) in [5, 5.41) is 0. The molecule has 0 aromatic rings. The number of rotatable bonds is 0. The Bertz CT molecular complexity index is 149. The Hall–Kier alpha value is -1.32. The Morgan fingerprint density at radius 3 is 2.58 bits per heavy atom. The molecule has 0 bridgehead atoms. The topological polar surface area (TPSA) is 49.4 Å². The van der Waals surface area contributed by atoms with E-state index in [1.165, 1.54) is 6.34 Å². The summed E-state index contributed by atoms with van der Waals surface area (Å²) in [6.45, 7) is 5.03. The second-order valence-corrected chi connectivity index (χ2v) is 1.62. The third kappa shape index (κ3) is 6.80. The summed E-state index contributed by atoms with van der Waals surface area (Å²) in [6, 6.07) is 0. The van der Waals surface area contributed by atoms with E-state index < -0.39 is 0 Å². The van der Waals surface area contributed by atoms with Crippen molar-refractivity contribution in [1.29, 1.82) is 0 Å². The van der Waals surface area contributed by atoms with Gasteiger partial charge in [-0.05, 0) is 0 Å². The maximum absolute atomic E-state index is 3.95. The van der Waals surface area contributed by atoms with E-state index in [4.69, 9.17) is 0 Å². The average Bonchev–Trinajstić information content (AvgIpc) is 2.18. The van der Waals surface area contributed by atoms with Crippen LogP contribution in [0.4, 0.5) is 0 Å². The Kier molecular flexibility index (Phi) is 8.62. The zero-order valence-corrected chi connectivity index (χ0v) is 7.51. The highest BCUT2D eigenvalue weighted by Crippen LogP contribution is 1.72. The second kappa shape index (κ2) is 9.68. The van der Waals surface area contributed by atoms with Crippen LogP contribution in [0.1, 0.15) is 13.8 Å². The Labute approximate surface area is 72.9 Å². The van der Waals surface area contributed by atoms with Crippen LogP contribution in [0.3, 0.4) is 0 Å². The summed E-state index contributed by atoms with van der Waals surface area (Å²) in [5.41, 5.74) is 0. The van der Waals surface area contributed by atoms with Gasteiger partial charge in [0.05, 0.1) is 6.54 Å². The standard InChI is InChI=1S/C6H8N4.C2H6/c1-3-8-5-10-6-9-4-2-7-1;1-2/h1,3-4,6H,2,5H2;1-2H3/b7-1?,8-3-,9-4?,10-6-;. The molecule has 12 heavy (non-hydrogen) atoms. The fourth-order valence-corrected chi connectivity index (χ4v) is 0.474. The van der Waals surface area contributed by atoms with Gasteiger partial charge in [0.25, 0.3) is 0 Å². The molecule has 0 radical (unpaired) electrons. The van der Waals surface area contributed by atoms with Crippen LogP contribution in [0.5, 0.6) is 0 Å². The van der Waals surface area contributed by atoms with Gasteiger partial charge >= 0.3 is 0 Å². The van der Waals surface area contributed by atoms with Crippen molar-refractivity contribution in [2.45, 2.75) is 13.8 Å². The van der Waals surface area contributed by atoms with Crippen LogP contribution in [-0.2, 0) is 0 Å². The van der Waals surface area contributed by atoms with Gasteiger partial charge in [0.2, 0.25) is 0 Å². The highest BCUT2D eigenvalue weighted by atomic mass is 15.0. The van der Waals surface area contributed by atoms with Crippen molar-refractivity contribution in [3.63, 3.8) is 0 Å². The number of hydrogen-bond donors (Lipinski definition) is 0. The molecule has 0 N–H and O–H groups in total. The fourth-order valence-electron chi connectivity index (χ4n) is 0.474. The highest BCUT2D eigenvalue weighted by Gasteiger charge is 1.73. The molecule has 0 spiro atoms. The maximum atomic E-state index is 3.95. The van der Waals surface area contributed by atoms with Crippen molar-refractivity contribution < 1.29 is 0 Å². The highest BCUT2D eigenvalue weighted by molar-refractivity contribution is 6.16. The minimum absolute atomic E-state index is 0.434. The molecule has 4 nitrogen and oxygen atoms in total. The predicted molar refractivity (Wildman–Crippen MR) is 55.1 cm³/mol. The summed E-state index contributed by atoms with van der Waals surface area (Å²) in [6.07, 6.45) is 6.46. The summed E-state index contributed by atoms with van der Waals surface area (Å²) >= 11 is 0. The normalized spacial score (nSPS) is 20.5. The van der Waals surface area contributed by atoms with Gasteiger partial charge in [0, 0.05) is 18.6 Å². The Morgan fingerprint density at radius 2 is 1.75 bits per heavy atom. The zero-order chi connectivity index (χ0) is 9.07. The minimum Gasteiger partial charge on any atom is -0.286 e. The number of hydrogen-bond acceptors (Lipinski definition) is 4. The first-order chi connectivity index (χ1) is 6.00. The second-order valence-electron chi connectivity index (χ2n) is 1.62. The van der Waals surface area contributed by atoms with E-state index in [2.05, 4.69) is 20.0 Å². The van der Waals surface area contributed by atoms with E-state index in [0.29, 0.717) is 13.2 Å². The maximum Gasteiger partial charge on any atom is 0.131 e. The van der Waals surface area contributed by atoms with E-state index in [1.807, 2.05) is 13.8 Å². The Morgan fingerprint density at radius 1 is 1.00 bits per heavy atom. The SMILES string of the molecule is C1=N/C=N\C/N=C\C=NC1.CC. The summed E-state index contributed by atoms with van der Waals surface area (Å²) in [5.74, 6) is 0. The first kappa shape index (κ1) is 10.7. The van der Waals surface area contributed by atoms with Crippen molar-refractivity contribution in [2.24, 2.45) is 20.0 Å². The van der Waals surface area contributed by atoms with E-state index in [1.54, 1.807) is 18.6 Å². The molecule has 0 aromatic heterocycles. The molecule has 0 unspecified atom stereocenters. The molecule has 0 fully saturated rings. The van der Waals surface area contributed by atoms with Crippen molar-refractivity contribution in [1.82, 2.24) is 0 Å². The third-order valence-corrected chi connectivity index (χ3v) is 0.882. The van der Waals surface area contributed by atoms with Crippen LogP contribution in [0.2, 0.25) is 0 Å². The Balaban J connectivity index is 0.000000561. The minimum atomic E-state index is 0.434. The molecule has 1 aliphatic rings. The van der Waals surface area contributed by atoms with E-state index in [-0.39, 0.29) is 0 Å². The lowest BCUT2D eigenvalue weighted by atomic mass is 10.7. The first-order valence-corrected chi connectivity index (χ1v) is 3.98. The summed E-state index contributed by atoms with van der Waals surface area (Å²) < 4.78 is 0. The van der Waals surface area contributed by atoms with Gasteiger partial charge in [-0.15, -0.1) is 0 Å². The van der Waals surface area contributed by atoms with Crippen LogP contribution < -0.4 is 0 Å². The molecule has 0 aromatic carbocycles. The molecule has 0 aliphatic carbocycles. The quantitative estimate of drug-likeness (QED) is 0.519. The molecule has 0 saturated heterocycles. The van der Waals surface area contributed by atoms with Crippen LogP contribution in [0.25, 0.3) is 0 Å². The van der Waals surface area contributed by atoms with Gasteiger partial charge in [-0.1, -0.05) is 13.8 Å².